The molecule has 2 aromatic carbocycles. The van der Waals surface area contributed by atoms with Crippen LogP contribution in [0.2, 0.25) is 0 Å². The number of halogens is 1. The molecule has 3 aromatic rings. The number of hydrogen-bond acceptors (Lipinski definition) is 2. The van der Waals surface area contributed by atoms with Crippen molar-refractivity contribution in [2.75, 3.05) is 5.32 Å². The highest BCUT2D eigenvalue weighted by Crippen LogP contribution is 2.22. The number of rotatable bonds is 6. The number of aromatic amines is 1. The molecule has 1 aromatic heterocycles. The molecule has 4 nitrogen and oxygen atoms in total. The van der Waals surface area contributed by atoms with Gasteiger partial charge in [-0.15, -0.1) is 0 Å². The van der Waals surface area contributed by atoms with Crippen LogP contribution in [0, 0.1) is 5.82 Å². The molecule has 0 aliphatic carbocycles. The minimum absolute atomic E-state index is 0.289. The second kappa shape index (κ2) is 7.75. The third-order valence-corrected chi connectivity index (χ3v) is 4.08. The average Bonchev–Trinajstić information content (AvgIpc) is 3.02. The Morgan fingerprint density at radius 3 is 2.64 bits per heavy atom. The fourth-order valence-electron chi connectivity index (χ4n) is 2.73. The summed E-state index contributed by atoms with van der Waals surface area (Å²) in [5, 5.41) is 10.2. The minimum Gasteiger partial charge on any atom is -0.319 e. The van der Waals surface area contributed by atoms with E-state index < -0.39 is 5.82 Å². The van der Waals surface area contributed by atoms with Crippen molar-refractivity contribution < 1.29 is 9.18 Å². The largest absolute Gasteiger partial charge is 0.319 e. The minimum atomic E-state index is -0.431. The van der Waals surface area contributed by atoms with Gasteiger partial charge in [0.15, 0.2) is 0 Å². The van der Waals surface area contributed by atoms with Crippen LogP contribution in [0.1, 0.15) is 34.2 Å². The van der Waals surface area contributed by atoms with Crippen LogP contribution >= 0.6 is 0 Å². The van der Waals surface area contributed by atoms with Crippen molar-refractivity contribution >= 4 is 11.6 Å². The summed E-state index contributed by atoms with van der Waals surface area (Å²) in [6.45, 7) is 1.98. The predicted octanol–water partition coefficient (Wildman–Crippen LogP) is 4.15. The van der Waals surface area contributed by atoms with Crippen LogP contribution in [0.25, 0.3) is 0 Å². The van der Waals surface area contributed by atoms with Crippen molar-refractivity contribution in [3.05, 3.63) is 82.9 Å². The molecule has 0 unspecified atom stereocenters. The zero-order valence-electron chi connectivity index (χ0n) is 14.1. The monoisotopic (exact) mass is 337 g/mol. The lowest BCUT2D eigenvalue weighted by molar-refractivity contribution is 0.102. The molecule has 128 valence electrons. The van der Waals surface area contributed by atoms with Gasteiger partial charge in [0.05, 0.1) is 17.1 Å². The maximum atomic E-state index is 13.3. The van der Waals surface area contributed by atoms with E-state index in [0.29, 0.717) is 12.1 Å². The Kier molecular flexibility index (Phi) is 5.23. The van der Waals surface area contributed by atoms with Gasteiger partial charge in [-0.25, -0.2) is 4.39 Å². The number of H-pyrrole nitrogens is 1. The van der Waals surface area contributed by atoms with Crippen LogP contribution in [0.3, 0.4) is 0 Å². The molecule has 0 bridgehead atoms. The van der Waals surface area contributed by atoms with E-state index in [-0.39, 0.29) is 11.5 Å². The molecule has 0 spiro atoms. The van der Waals surface area contributed by atoms with Crippen LogP contribution in [0.5, 0.6) is 0 Å². The topological polar surface area (TPSA) is 57.8 Å². The highest BCUT2D eigenvalue weighted by atomic mass is 19.1. The van der Waals surface area contributed by atoms with Gasteiger partial charge in [-0.1, -0.05) is 43.3 Å². The van der Waals surface area contributed by atoms with E-state index >= 15 is 0 Å². The van der Waals surface area contributed by atoms with Gasteiger partial charge in [-0.3, -0.25) is 9.89 Å². The van der Waals surface area contributed by atoms with E-state index in [4.69, 9.17) is 0 Å². The number of nitrogens with one attached hydrogen (secondary N) is 2. The smallest absolute Gasteiger partial charge is 0.255 e. The number of amides is 1. The Morgan fingerprint density at radius 1 is 1.12 bits per heavy atom. The fraction of sp³-hybridized carbons (Fsp3) is 0.200. The van der Waals surface area contributed by atoms with Gasteiger partial charge in [0.25, 0.3) is 5.91 Å². The summed E-state index contributed by atoms with van der Waals surface area (Å²) in [5.74, 6) is -0.767. The quantitative estimate of drug-likeness (QED) is 0.710. The van der Waals surface area contributed by atoms with Gasteiger partial charge in [0, 0.05) is 5.56 Å². The van der Waals surface area contributed by atoms with E-state index in [1.807, 2.05) is 25.1 Å². The number of aryl methyl sites for hydroxylation is 3. The number of hydrogen-bond donors (Lipinski definition) is 2. The van der Waals surface area contributed by atoms with Gasteiger partial charge in [0.1, 0.15) is 5.82 Å². The molecule has 5 heteroatoms. The Labute approximate surface area is 146 Å². The van der Waals surface area contributed by atoms with Crippen molar-refractivity contribution in [2.45, 2.75) is 26.2 Å². The molecule has 1 heterocycles. The van der Waals surface area contributed by atoms with E-state index in [2.05, 4.69) is 27.6 Å². The molecule has 0 aliphatic rings. The van der Waals surface area contributed by atoms with Gasteiger partial charge in [-0.2, -0.15) is 5.10 Å². The third kappa shape index (κ3) is 4.12. The first-order valence-corrected chi connectivity index (χ1v) is 8.34. The second-order valence-electron chi connectivity index (χ2n) is 5.83. The van der Waals surface area contributed by atoms with Crippen molar-refractivity contribution in [1.82, 2.24) is 10.2 Å². The summed E-state index contributed by atoms with van der Waals surface area (Å²) in [6, 6.07) is 15.8. The maximum absolute atomic E-state index is 13.3. The zero-order chi connectivity index (χ0) is 17.6. The SMILES string of the molecule is CCc1n[nH]c(CCc2ccccc2)c1NC(=O)c1cccc(F)c1. The lowest BCUT2D eigenvalue weighted by Gasteiger charge is -2.08. The van der Waals surface area contributed by atoms with Gasteiger partial charge >= 0.3 is 0 Å². The van der Waals surface area contributed by atoms with Crippen molar-refractivity contribution in [1.29, 1.82) is 0 Å². The number of carbonyl (C=O) groups excluding carboxylic acids is 1. The van der Waals surface area contributed by atoms with E-state index in [1.54, 1.807) is 6.07 Å². The number of anilines is 1. The normalized spacial score (nSPS) is 10.6. The summed E-state index contributed by atoms with van der Waals surface area (Å²) in [7, 11) is 0. The Hall–Kier alpha value is -2.95. The second-order valence-corrected chi connectivity index (χ2v) is 5.83. The molecule has 1 amide bonds. The van der Waals surface area contributed by atoms with Crippen LogP contribution in [-0.4, -0.2) is 16.1 Å². The number of benzene rings is 2. The lowest BCUT2D eigenvalue weighted by atomic mass is 10.1. The molecule has 25 heavy (non-hydrogen) atoms. The van der Waals surface area contributed by atoms with Gasteiger partial charge < -0.3 is 5.32 Å². The Morgan fingerprint density at radius 2 is 1.92 bits per heavy atom. The van der Waals surface area contributed by atoms with Gasteiger partial charge in [0.2, 0.25) is 0 Å². The molecule has 0 saturated carbocycles. The zero-order valence-corrected chi connectivity index (χ0v) is 14.1. The molecule has 0 saturated heterocycles. The summed E-state index contributed by atoms with van der Waals surface area (Å²) in [4.78, 5) is 12.4. The molecular formula is C20H20FN3O. The molecule has 0 atom stereocenters. The van der Waals surface area contributed by atoms with Crippen LogP contribution < -0.4 is 5.32 Å². The number of aromatic nitrogens is 2. The summed E-state index contributed by atoms with van der Waals surface area (Å²) in [6.07, 6.45) is 2.27. The summed E-state index contributed by atoms with van der Waals surface area (Å²) >= 11 is 0. The molecule has 2 N–H and O–H groups in total. The first kappa shape index (κ1) is 16.9. The molecule has 0 fully saturated rings. The Balaban J connectivity index is 1.78. The average molecular weight is 337 g/mol. The van der Waals surface area contributed by atoms with Crippen molar-refractivity contribution in [3.63, 3.8) is 0 Å². The molecule has 0 aliphatic heterocycles. The van der Waals surface area contributed by atoms with Gasteiger partial charge in [-0.05, 0) is 43.0 Å². The van der Waals surface area contributed by atoms with E-state index in [9.17, 15) is 9.18 Å². The highest BCUT2D eigenvalue weighted by Gasteiger charge is 2.16. The molecule has 3 rings (SSSR count). The lowest BCUT2D eigenvalue weighted by Crippen LogP contribution is -2.14. The van der Waals surface area contributed by atoms with Crippen LogP contribution in [-0.2, 0) is 19.3 Å². The van der Waals surface area contributed by atoms with Crippen LogP contribution in [0.15, 0.2) is 54.6 Å². The summed E-state index contributed by atoms with van der Waals surface area (Å²) < 4.78 is 13.3. The number of carbonyl (C=O) groups is 1. The standard InChI is InChI=1S/C20H20FN3O/c1-2-17-19(22-20(25)15-9-6-10-16(21)13-15)18(24-23-17)12-11-14-7-4-3-5-8-14/h3-10,13H,2,11-12H2,1H3,(H,22,25)(H,23,24). The third-order valence-electron chi connectivity index (χ3n) is 4.08. The fourth-order valence-corrected chi connectivity index (χ4v) is 2.73. The van der Waals surface area contributed by atoms with Crippen molar-refractivity contribution in [2.24, 2.45) is 0 Å². The highest BCUT2D eigenvalue weighted by molar-refractivity contribution is 6.04. The predicted molar refractivity (Wildman–Crippen MR) is 96.2 cm³/mol. The first-order valence-electron chi connectivity index (χ1n) is 8.34. The molecule has 0 radical (unpaired) electrons. The molecular weight excluding hydrogens is 317 g/mol. The Bertz CT molecular complexity index is 858. The van der Waals surface area contributed by atoms with Crippen LogP contribution in [0.4, 0.5) is 10.1 Å². The maximum Gasteiger partial charge on any atom is 0.255 e. The van der Waals surface area contributed by atoms with E-state index in [0.717, 1.165) is 24.2 Å². The first-order chi connectivity index (χ1) is 12.2. The van der Waals surface area contributed by atoms with E-state index in [1.165, 1.54) is 23.8 Å². The van der Waals surface area contributed by atoms with Crippen molar-refractivity contribution in [3.8, 4) is 0 Å². The number of nitrogens with zero attached hydrogens (tertiary/aromatic N) is 1. The summed E-state index contributed by atoms with van der Waals surface area (Å²) in [5.41, 5.74) is 3.89.